The lowest BCUT2D eigenvalue weighted by Crippen LogP contribution is -2.54. The highest BCUT2D eigenvalue weighted by atomic mass is 35.5. The Hall–Kier alpha value is -5.01. The number of rotatable bonds is 15. The summed E-state index contributed by atoms with van der Waals surface area (Å²) in [6, 6.07) is 20.8. The molecule has 14 heteroatoms. The van der Waals surface area contributed by atoms with E-state index in [4.69, 9.17) is 16.3 Å². The van der Waals surface area contributed by atoms with Crippen molar-refractivity contribution in [3.63, 3.8) is 0 Å². The molecule has 0 saturated heterocycles. The van der Waals surface area contributed by atoms with Gasteiger partial charge in [0.1, 0.15) is 24.2 Å². The summed E-state index contributed by atoms with van der Waals surface area (Å²) in [7, 11) is -3.44. The van der Waals surface area contributed by atoms with Crippen LogP contribution in [0.5, 0.6) is 5.75 Å². The molecule has 0 fully saturated rings. The molecule has 264 valence electrons. The average molecular weight is 725 g/mol. The summed E-state index contributed by atoms with van der Waals surface area (Å²) in [5.41, 5.74) is 0.451. The molecule has 4 aromatic carbocycles. The SMILES string of the molecule is CC[C@H](C)NC(=O)[C@@H](Cc1ccccc1)N(Cc1ccccc1F)C(=O)CN(c1cc(Cl)ccc1OC)S(=O)(=O)c1ccc(C)c([N+](=O)[O-])c1. The minimum absolute atomic E-state index is 0.0285. The fourth-order valence-corrected chi connectivity index (χ4v) is 6.85. The van der Waals surface area contributed by atoms with E-state index in [1.54, 1.807) is 43.3 Å². The van der Waals surface area contributed by atoms with Crippen LogP contribution in [0.25, 0.3) is 0 Å². The Labute approximate surface area is 295 Å². The van der Waals surface area contributed by atoms with Gasteiger partial charge in [0.2, 0.25) is 11.8 Å². The van der Waals surface area contributed by atoms with E-state index in [0.717, 1.165) is 15.3 Å². The predicted molar refractivity (Wildman–Crippen MR) is 189 cm³/mol. The monoisotopic (exact) mass is 724 g/mol. The van der Waals surface area contributed by atoms with Crippen molar-refractivity contribution in [2.24, 2.45) is 0 Å². The van der Waals surface area contributed by atoms with Crippen molar-refractivity contribution in [2.45, 2.75) is 57.1 Å². The first kappa shape index (κ1) is 37.8. The lowest BCUT2D eigenvalue weighted by atomic mass is 10.0. The van der Waals surface area contributed by atoms with Gasteiger partial charge < -0.3 is 15.0 Å². The van der Waals surface area contributed by atoms with Crippen molar-refractivity contribution < 1.29 is 32.1 Å². The standard InChI is InChI=1S/C36H38ClFN4O7S/c1-5-25(3)39-36(44)33(19-26-11-7-6-8-12-26)40(22-27-13-9-10-14-30(27)38)35(43)23-41(32-20-28(37)16-18-34(32)49-4)50(47,48)29-17-15-24(2)31(21-29)42(45)46/h6-18,20-21,25,33H,5,19,22-23H2,1-4H3,(H,39,44)/t25-,33+/m0/s1. The predicted octanol–water partition coefficient (Wildman–Crippen LogP) is 6.45. The fourth-order valence-electron chi connectivity index (χ4n) is 5.25. The zero-order valence-electron chi connectivity index (χ0n) is 28.0. The van der Waals surface area contributed by atoms with Crippen LogP contribution in [0.15, 0.2) is 95.9 Å². The molecular weight excluding hydrogens is 687 g/mol. The number of carbonyl (C=O) groups is 2. The number of aryl methyl sites for hydroxylation is 1. The quantitative estimate of drug-likeness (QED) is 0.110. The molecule has 4 rings (SSSR count). The van der Waals surface area contributed by atoms with Crippen LogP contribution in [0.2, 0.25) is 5.02 Å². The number of hydrogen-bond donors (Lipinski definition) is 1. The van der Waals surface area contributed by atoms with Crippen molar-refractivity contribution in [3.05, 3.63) is 129 Å². The lowest BCUT2D eigenvalue weighted by molar-refractivity contribution is -0.385. The Morgan fingerprint density at radius 3 is 2.34 bits per heavy atom. The molecule has 2 atom stereocenters. The van der Waals surface area contributed by atoms with E-state index in [9.17, 15) is 28.1 Å². The molecule has 0 spiro atoms. The molecule has 0 aliphatic carbocycles. The van der Waals surface area contributed by atoms with Gasteiger partial charge in [0.25, 0.3) is 15.7 Å². The van der Waals surface area contributed by atoms with Gasteiger partial charge in [-0.2, -0.15) is 0 Å². The number of hydrogen-bond acceptors (Lipinski definition) is 7. The summed E-state index contributed by atoms with van der Waals surface area (Å²) in [6.07, 6.45) is 0.620. The fraction of sp³-hybridized carbons (Fsp3) is 0.278. The van der Waals surface area contributed by atoms with Gasteiger partial charge in [0.05, 0.1) is 22.6 Å². The van der Waals surface area contributed by atoms with Crippen molar-refractivity contribution in [3.8, 4) is 5.75 Å². The number of carbonyl (C=O) groups excluding carboxylic acids is 2. The number of amides is 2. The summed E-state index contributed by atoms with van der Waals surface area (Å²) in [4.78, 5) is 40.4. The topological polar surface area (TPSA) is 139 Å². The van der Waals surface area contributed by atoms with Crippen molar-refractivity contribution in [1.82, 2.24) is 10.2 Å². The first-order valence-corrected chi connectivity index (χ1v) is 17.6. The number of benzene rings is 4. The smallest absolute Gasteiger partial charge is 0.273 e. The number of nitrogens with one attached hydrogen (secondary N) is 1. The Balaban J connectivity index is 1.90. The number of ether oxygens (including phenoxy) is 1. The highest BCUT2D eigenvalue weighted by Crippen LogP contribution is 2.36. The van der Waals surface area contributed by atoms with E-state index in [-0.39, 0.29) is 46.6 Å². The van der Waals surface area contributed by atoms with Crippen molar-refractivity contribution in [1.29, 1.82) is 0 Å². The number of methoxy groups -OCH3 is 1. The van der Waals surface area contributed by atoms with Gasteiger partial charge in [-0.25, -0.2) is 12.8 Å². The summed E-state index contributed by atoms with van der Waals surface area (Å²) in [5.74, 6) is -1.97. The molecule has 0 radical (unpaired) electrons. The number of sulfonamides is 1. The Morgan fingerprint density at radius 2 is 1.70 bits per heavy atom. The van der Waals surface area contributed by atoms with Crippen LogP contribution in [0.4, 0.5) is 15.8 Å². The molecule has 0 aliphatic heterocycles. The maximum Gasteiger partial charge on any atom is 0.273 e. The van der Waals surface area contributed by atoms with Crippen molar-refractivity contribution >= 4 is 44.8 Å². The Bertz CT molecular complexity index is 1960. The molecule has 4 aromatic rings. The van der Waals surface area contributed by atoms with Gasteiger partial charge in [-0.1, -0.05) is 73.1 Å². The van der Waals surface area contributed by atoms with Crippen LogP contribution in [0.1, 0.15) is 37.0 Å². The largest absolute Gasteiger partial charge is 0.495 e. The van der Waals surface area contributed by atoms with Crippen LogP contribution < -0.4 is 14.4 Å². The third kappa shape index (κ3) is 8.96. The number of nitrogens with zero attached hydrogens (tertiary/aromatic N) is 3. The van der Waals surface area contributed by atoms with E-state index in [1.165, 1.54) is 62.6 Å². The van der Waals surface area contributed by atoms with E-state index in [2.05, 4.69) is 5.32 Å². The zero-order valence-corrected chi connectivity index (χ0v) is 29.6. The normalized spacial score (nSPS) is 12.4. The summed E-state index contributed by atoms with van der Waals surface area (Å²) < 4.78 is 50.2. The number of nitro groups is 1. The second-order valence-corrected chi connectivity index (χ2v) is 14.0. The second kappa shape index (κ2) is 16.6. The van der Waals surface area contributed by atoms with Gasteiger partial charge in [0, 0.05) is 41.2 Å². The maximum atomic E-state index is 15.2. The van der Waals surface area contributed by atoms with E-state index in [1.807, 2.05) is 6.92 Å². The van der Waals surface area contributed by atoms with Gasteiger partial charge in [0.15, 0.2) is 0 Å². The molecule has 0 aliphatic rings. The number of anilines is 1. The van der Waals surface area contributed by atoms with E-state index in [0.29, 0.717) is 12.0 Å². The van der Waals surface area contributed by atoms with E-state index >= 15 is 4.39 Å². The second-order valence-electron chi connectivity index (χ2n) is 11.7. The Morgan fingerprint density at radius 1 is 1.02 bits per heavy atom. The molecule has 0 aromatic heterocycles. The molecule has 0 bridgehead atoms. The molecule has 0 unspecified atom stereocenters. The van der Waals surface area contributed by atoms with Crippen LogP contribution >= 0.6 is 11.6 Å². The molecule has 0 heterocycles. The number of halogens is 2. The molecular formula is C36H38ClFN4O7S. The highest BCUT2D eigenvalue weighted by molar-refractivity contribution is 7.92. The van der Waals surface area contributed by atoms with Crippen LogP contribution in [0.3, 0.4) is 0 Å². The van der Waals surface area contributed by atoms with E-state index < -0.39 is 55.7 Å². The summed E-state index contributed by atoms with van der Waals surface area (Å²) in [5, 5.41) is 14.8. The van der Waals surface area contributed by atoms with Gasteiger partial charge >= 0.3 is 0 Å². The van der Waals surface area contributed by atoms with Gasteiger partial charge in [-0.3, -0.25) is 24.0 Å². The number of nitro benzene ring substituents is 1. The van der Waals surface area contributed by atoms with Crippen LogP contribution in [-0.4, -0.2) is 55.8 Å². The Kier molecular flexibility index (Phi) is 12.5. The van der Waals surface area contributed by atoms with Crippen molar-refractivity contribution in [2.75, 3.05) is 18.0 Å². The minimum atomic E-state index is -4.75. The molecule has 1 N–H and O–H groups in total. The molecule has 2 amide bonds. The summed E-state index contributed by atoms with van der Waals surface area (Å²) >= 11 is 6.31. The van der Waals surface area contributed by atoms with Crippen LogP contribution in [0, 0.1) is 22.9 Å². The lowest BCUT2D eigenvalue weighted by Gasteiger charge is -2.34. The van der Waals surface area contributed by atoms with Gasteiger partial charge in [-0.15, -0.1) is 0 Å². The third-order valence-corrected chi connectivity index (χ3v) is 10.2. The molecule has 50 heavy (non-hydrogen) atoms. The summed E-state index contributed by atoms with van der Waals surface area (Å²) in [6.45, 7) is 3.87. The van der Waals surface area contributed by atoms with Gasteiger partial charge in [-0.05, 0) is 56.2 Å². The van der Waals surface area contributed by atoms with Crippen LogP contribution in [-0.2, 0) is 32.6 Å². The molecule has 11 nitrogen and oxygen atoms in total. The third-order valence-electron chi connectivity index (χ3n) is 8.22. The zero-order chi connectivity index (χ0) is 36.6. The average Bonchev–Trinajstić information content (AvgIpc) is 3.09. The maximum absolute atomic E-state index is 15.2. The highest BCUT2D eigenvalue weighted by Gasteiger charge is 2.37. The minimum Gasteiger partial charge on any atom is -0.495 e. The first-order valence-electron chi connectivity index (χ1n) is 15.7. The molecule has 0 saturated carbocycles. The first-order chi connectivity index (χ1) is 23.8.